The van der Waals surface area contributed by atoms with Crippen LogP contribution in [0.4, 0.5) is 15.5 Å². The lowest BCUT2D eigenvalue weighted by Crippen LogP contribution is -2.64. The van der Waals surface area contributed by atoms with Gasteiger partial charge in [-0.05, 0) is 37.0 Å². The van der Waals surface area contributed by atoms with E-state index in [0.717, 1.165) is 4.88 Å². The van der Waals surface area contributed by atoms with Gasteiger partial charge in [0.1, 0.15) is 10.5 Å². The maximum Gasteiger partial charge on any atom is 0.324 e. The number of carbonyl (C=O) groups excluding carboxylic acids is 3. The maximum absolute atomic E-state index is 13.7. The van der Waals surface area contributed by atoms with E-state index in [4.69, 9.17) is 23.2 Å². The van der Waals surface area contributed by atoms with Crippen molar-refractivity contribution in [1.29, 1.82) is 0 Å². The van der Waals surface area contributed by atoms with Crippen LogP contribution in [-0.2, 0) is 10.2 Å². The number of nitrogens with one attached hydrogen (secondary N) is 3. The van der Waals surface area contributed by atoms with Crippen LogP contribution in [-0.4, -0.2) is 41.4 Å². The Kier molecular flexibility index (Phi) is 7.31. The molecular formula is C23H28Cl2N4O3S. The molecule has 0 radical (unpaired) electrons. The molecule has 4 amide bonds. The number of hydrogen-bond acceptors (Lipinski definition) is 4. The summed E-state index contributed by atoms with van der Waals surface area (Å²) in [6.07, 6.45) is 0.470. The van der Waals surface area contributed by atoms with E-state index in [0.29, 0.717) is 40.8 Å². The molecule has 10 heteroatoms. The quantitative estimate of drug-likeness (QED) is 0.489. The number of rotatable bonds is 4. The summed E-state index contributed by atoms with van der Waals surface area (Å²) in [6.45, 7) is 10.5. The number of hydrogen-bond donors (Lipinski definition) is 3. The van der Waals surface area contributed by atoms with Gasteiger partial charge in [-0.25, -0.2) is 4.79 Å². The SMILES string of the molecule is CCC1(C)C(=O)NCCN1C(=O)c1cc(C(C)(C)C)sc1NC(=O)Nc1cccc(Cl)c1Cl. The smallest absolute Gasteiger partial charge is 0.324 e. The lowest BCUT2D eigenvalue weighted by molar-refractivity contribution is -0.134. The van der Waals surface area contributed by atoms with E-state index in [1.807, 2.05) is 27.7 Å². The maximum atomic E-state index is 13.7. The zero-order chi connectivity index (χ0) is 24.6. The van der Waals surface area contributed by atoms with Crippen LogP contribution < -0.4 is 16.0 Å². The molecule has 33 heavy (non-hydrogen) atoms. The van der Waals surface area contributed by atoms with E-state index in [-0.39, 0.29) is 22.3 Å². The lowest BCUT2D eigenvalue weighted by atomic mass is 9.91. The summed E-state index contributed by atoms with van der Waals surface area (Å²) in [5, 5.41) is 9.27. The van der Waals surface area contributed by atoms with Crippen LogP contribution in [0.1, 0.15) is 56.3 Å². The number of piperazine rings is 1. The number of thiophene rings is 1. The highest BCUT2D eigenvalue weighted by molar-refractivity contribution is 7.16. The minimum absolute atomic E-state index is 0.182. The molecule has 0 bridgehead atoms. The number of carbonyl (C=O) groups is 3. The van der Waals surface area contributed by atoms with Crippen LogP contribution in [0.15, 0.2) is 24.3 Å². The first-order chi connectivity index (χ1) is 15.4. The fraction of sp³-hybridized carbons (Fsp3) is 0.435. The molecule has 1 atom stereocenters. The molecule has 3 N–H and O–H groups in total. The van der Waals surface area contributed by atoms with E-state index in [1.165, 1.54) is 11.3 Å². The van der Waals surface area contributed by atoms with Crippen LogP contribution in [0.3, 0.4) is 0 Å². The van der Waals surface area contributed by atoms with Crippen LogP contribution in [0.25, 0.3) is 0 Å². The number of urea groups is 1. The Bertz CT molecular complexity index is 1100. The van der Waals surface area contributed by atoms with E-state index in [1.54, 1.807) is 36.1 Å². The third-order valence-corrected chi connectivity index (χ3v) is 8.06. The van der Waals surface area contributed by atoms with Gasteiger partial charge < -0.3 is 15.5 Å². The molecule has 1 fully saturated rings. The summed E-state index contributed by atoms with van der Waals surface area (Å²) in [5.41, 5.74) is -0.493. The van der Waals surface area contributed by atoms with Gasteiger partial charge >= 0.3 is 6.03 Å². The van der Waals surface area contributed by atoms with Crippen LogP contribution in [0.2, 0.25) is 10.0 Å². The van der Waals surface area contributed by atoms with Crippen molar-refractivity contribution in [2.75, 3.05) is 23.7 Å². The van der Waals surface area contributed by atoms with Gasteiger partial charge in [0.2, 0.25) is 5.91 Å². The second-order valence-electron chi connectivity index (χ2n) is 9.12. The van der Waals surface area contributed by atoms with Crippen molar-refractivity contribution in [2.24, 2.45) is 0 Å². The van der Waals surface area contributed by atoms with Gasteiger partial charge in [-0.15, -0.1) is 11.3 Å². The van der Waals surface area contributed by atoms with Gasteiger partial charge in [0, 0.05) is 18.0 Å². The summed E-state index contributed by atoms with van der Waals surface area (Å²) in [6, 6.07) is 6.18. The molecule has 0 saturated carbocycles. The number of halogens is 2. The largest absolute Gasteiger partial charge is 0.352 e. The van der Waals surface area contributed by atoms with E-state index < -0.39 is 11.6 Å². The van der Waals surface area contributed by atoms with E-state index in [9.17, 15) is 14.4 Å². The Morgan fingerprint density at radius 1 is 1.24 bits per heavy atom. The van der Waals surface area contributed by atoms with Crippen molar-refractivity contribution in [3.8, 4) is 0 Å². The van der Waals surface area contributed by atoms with Gasteiger partial charge in [0.15, 0.2) is 0 Å². The normalized spacial score (nSPS) is 18.6. The first-order valence-electron chi connectivity index (χ1n) is 10.6. The first-order valence-corrected chi connectivity index (χ1v) is 12.2. The zero-order valence-corrected chi connectivity index (χ0v) is 21.6. The van der Waals surface area contributed by atoms with Crippen molar-refractivity contribution in [3.63, 3.8) is 0 Å². The minimum atomic E-state index is -0.965. The predicted octanol–water partition coefficient (Wildman–Crippen LogP) is 5.74. The zero-order valence-electron chi connectivity index (χ0n) is 19.3. The first kappa shape index (κ1) is 25.3. The molecule has 1 saturated heterocycles. The number of nitrogens with zero attached hydrogens (tertiary/aromatic N) is 1. The average Bonchev–Trinajstić information content (AvgIpc) is 3.17. The van der Waals surface area contributed by atoms with Gasteiger partial charge in [0.25, 0.3) is 5.91 Å². The van der Waals surface area contributed by atoms with E-state index in [2.05, 4.69) is 16.0 Å². The van der Waals surface area contributed by atoms with Crippen molar-refractivity contribution >= 4 is 63.1 Å². The molecule has 178 valence electrons. The van der Waals surface area contributed by atoms with Gasteiger partial charge in [-0.1, -0.05) is 57.0 Å². The molecule has 2 heterocycles. The highest BCUT2D eigenvalue weighted by atomic mass is 35.5. The molecule has 7 nitrogen and oxygen atoms in total. The summed E-state index contributed by atoms with van der Waals surface area (Å²) >= 11 is 13.5. The average molecular weight is 511 g/mol. The minimum Gasteiger partial charge on any atom is -0.352 e. The number of anilines is 2. The van der Waals surface area contributed by atoms with Crippen molar-refractivity contribution in [1.82, 2.24) is 10.2 Å². The Hall–Kier alpha value is -2.29. The van der Waals surface area contributed by atoms with Gasteiger partial charge in [-0.3, -0.25) is 14.9 Å². The van der Waals surface area contributed by atoms with Crippen molar-refractivity contribution in [3.05, 3.63) is 44.8 Å². The molecule has 1 aliphatic heterocycles. The Labute approximate surface area is 207 Å². The van der Waals surface area contributed by atoms with Gasteiger partial charge in [0.05, 0.1) is 21.3 Å². The third kappa shape index (κ3) is 5.13. The predicted molar refractivity (Wildman–Crippen MR) is 135 cm³/mol. The van der Waals surface area contributed by atoms with Crippen LogP contribution >= 0.6 is 34.5 Å². The Balaban J connectivity index is 1.94. The molecule has 1 unspecified atom stereocenters. The topological polar surface area (TPSA) is 90.5 Å². The summed E-state index contributed by atoms with van der Waals surface area (Å²) in [7, 11) is 0. The van der Waals surface area contributed by atoms with Crippen molar-refractivity contribution < 1.29 is 14.4 Å². The van der Waals surface area contributed by atoms with Gasteiger partial charge in [-0.2, -0.15) is 0 Å². The number of amides is 4. The van der Waals surface area contributed by atoms with Crippen LogP contribution in [0.5, 0.6) is 0 Å². The molecule has 2 aromatic rings. The fourth-order valence-corrected chi connectivity index (χ4v) is 4.98. The fourth-order valence-electron chi connectivity index (χ4n) is 3.53. The van der Waals surface area contributed by atoms with E-state index >= 15 is 0 Å². The monoisotopic (exact) mass is 510 g/mol. The molecule has 3 rings (SSSR count). The number of benzene rings is 1. The highest BCUT2D eigenvalue weighted by Crippen LogP contribution is 2.38. The molecule has 1 aliphatic rings. The summed E-state index contributed by atoms with van der Waals surface area (Å²) in [5.74, 6) is -0.476. The third-order valence-electron chi connectivity index (χ3n) is 5.77. The molecule has 1 aromatic carbocycles. The second-order valence-corrected chi connectivity index (χ2v) is 11.0. The molecule has 1 aromatic heterocycles. The molecule has 0 aliphatic carbocycles. The van der Waals surface area contributed by atoms with Crippen LogP contribution in [0, 0.1) is 0 Å². The lowest BCUT2D eigenvalue weighted by Gasteiger charge is -2.43. The highest BCUT2D eigenvalue weighted by Gasteiger charge is 2.44. The summed E-state index contributed by atoms with van der Waals surface area (Å²) < 4.78 is 0. The summed E-state index contributed by atoms with van der Waals surface area (Å²) in [4.78, 5) is 41.6. The Morgan fingerprint density at radius 3 is 2.58 bits per heavy atom. The second kappa shape index (κ2) is 9.52. The Morgan fingerprint density at radius 2 is 1.94 bits per heavy atom. The van der Waals surface area contributed by atoms with Crippen molar-refractivity contribution in [2.45, 2.75) is 52.0 Å². The molecular weight excluding hydrogens is 483 g/mol. The molecule has 0 spiro atoms. The standard InChI is InChI=1S/C23H28Cl2N4O3S/c1-6-23(5)20(31)26-10-11-29(23)19(30)13-12-16(22(2,3)4)33-18(13)28-21(32)27-15-9-7-8-14(24)17(15)25/h7-9,12H,6,10-11H2,1-5H3,(H,26,31)(H2,27,28,32).